The molecule has 3 aromatic rings. The van der Waals surface area contributed by atoms with Crippen LogP contribution in [0.5, 0.6) is 0 Å². The molecule has 56 heavy (non-hydrogen) atoms. The first-order chi connectivity index (χ1) is 27.3. The summed E-state index contributed by atoms with van der Waals surface area (Å²) in [6.07, 6.45) is 7.05. The van der Waals surface area contributed by atoms with E-state index >= 15 is 0 Å². The van der Waals surface area contributed by atoms with Crippen LogP contribution >= 0.6 is 11.6 Å². The third-order valence-electron chi connectivity index (χ3n) is 10.5. The molecule has 304 valence electrons. The van der Waals surface area contributed by atoms with Crippen molar-refractivity contribution in [2.75, 3.05) is 76.6 Å². The van der Waals surface area contributed by atoms with Crippen molar-refractivity contribution in [1.82, 2.24) is 30.1 Å². The van der Waals surface area contributed by atoms with Gasteiger partial charge >= 0.3 is 0 Å². The lowest BCUT2D eigenvalue weighted by Gasteiger charge is -2.27. The number of anilines is 2. The molecule has 0 bridgehead atoms. The summed E-state index contributed by atoms with van der Waals surface area (Å²) in [6, 6.07) is 6.82. The van der Waals surface area contributed by atoms with Gasteiger partial charge in [-0.1, -0.05) is 31.5 Å². The van der Waals surface area contributed by atoms with Crippen LogP contribution < -0.4 is 21.3 Å². The average molecular weight is 797 g/mol. The zero-order chi connectivity index (χ0) is 39.4. The molecule has 1 unspecified atom stereocenters. The minimum Gasteiger partial charge on any atom is -0.382 e. The quantitative estimate of drug-likeness (QED) is 0.0803. The fourth-order valence-electron chi connectivity index (χ4n) is 7.50. The Hall–Kier alpha value is -4.19. The normalized spacial score (nSPS) is 19.7. The average Bonchev–Trinajstić information content (AvgIpc) is 3.87. The van der Waals surface area contributed by atoms with E-state index < -0.39 is 29.7 Å². The van der Waals surface area contributed by atoms with Crippen LogP contribution in [0.3, 0.4) is 0 Å². The van der Waals surface area contributed by atoms with Crippen molar-refractivity contribution in [3.63, 3.8) is 0 Å². The zero-order valence-electron chi connectivity index (χ0n) is 32.1. The van der Waals surface area contributed by atoms with Crippen LogP contribution in [0.1, 0.15) is 91.1 Å². The molecular formula is C39H53ClN8O8. The van der Waals surface area contributed by atoms with Crippen molar-refractivity contribution in [1.29, 1.82) is 0 Å². The van der Waals surface area contributed by atoms with E-state index in [9.17, 15) is 19.2 Å². The van der Waals surface area contributed by atoms with Gasteiger partial charge in [-0.25, -0.2) is 4.98 Å². The summed E-state index contributed by atoms with van der Waals surface area (Å²) in [4.78, 5) is 55.8. The minimum absolute atomic E-state index is 0.0696. The molecule has 1 saturated heterocycles. The number of benzene rings is 1. The maximum Gasteiger partial charge on any atom is 0.264 e. The van der Waals surface area contributed by atoms with E-state index in [0.29, 0.717) is 93.8 Å². The molecule has 1 aromatic carbocycles. The van der Waals surface area contributed by atoms with Crippen LogP contribution in [0.4, 0.5) is 11.5 Å². The Morgan fingerprint density at radius 1 is 0.875 bits per heavy atom. The number of carbonyl (C=O) groups is 4. The van der Waals surface area contributed by atoms with Crippen LogP contribution in [0.25, 0.3) is 5.65 Å². The summed E-state index contributed by atoms with van der Waals surface area (Å²) in [5, 5.41) is 17.7. The summed E-state index contributed by atoms with van der Waals surface area (Å²) < 4.78 is 24.4. The highest BCUT2D eigenvalue weighted by atomic mass is 35.5. The molecule has 3 aliphatic rings. The SMILES string of the molecule is CCC(CC)c1cc(N[C@H]2CC[C@H](NCCOCCOCCOCCOCCNc3cccc4c3C(=O)N(C3CCC(=O)NC3=O)C4=O)C2)n2ncc(Cl)c2n1. The van der Waals surface area contributed by atoms with Gasteiger partial charge in [0.05, 0.1) is 70.2 Å². The molecule has 1 saturated carbocycles. The number of carbonyl (C=O) groups excluding carboxylic acids is 4. The maximum atomic E-state index is 13.2. The number of rotatable bonds is 23. The number of fused-ring (bicyclic) bond motifs is 2. The summed E-state index contributed by atoms with van der Waals surface area (Å²) in [6.45, 7) is 9.18. The molecule has 3 atom stereocenters. The highest BCUT2D eigenvalue weighted by molar-refractivity contribution is 6.33. The van der Waals surface area contributed by atoms with Crippen molar-refractivity contribution in [3.05, 3.63) is 52.3 Å². The highest BCUT2D eigenvalue weighted by Crippen LogP contribution is 2.33. The Labute approximate surface area is 331 Å². The molecule has 4 N–H and O–H groups in total. The predicted molar refractivity (Wildman–Crippen MR) is 209 cm³/mol. The van der Waals surface area contributed by atoms with Crippen molar-refractivity contribution in [3.8, 4) is 0 Å². The van der Waals surface area contributed by atoms with E-state index in [1.807, 2.05) is 4.52 Å². The molecule has 17 heteroatoms. The first kappa shape index (κ1) is 41.4. The molecule has 6 rings (SSSR count). The molecule has 1 aliphatic carbocycles. The second-order valence-electron chi connectivity index (χ2n) is 14.2. The molecule has 4 amide bonds. The van der Waals surface area contributed by atoms with Gasteiger partial charge in [0.2, 0.25) is 11.8 Å². The predicted octanol–water partition coefficient (Wildman–Crippen LogP) is 3.79. The van der Waals surface area contributed by atoms with Gasteiger partial charge in [0, 0.05) is 55.0 Å². The van der Waals surface area contributed by atoms with Crippen molar-refractivity contribution in [2.45, 2.75) is 82.8 Å². The first-order valence-corrected chi connectivity index (χ1v) is 20.1. The van der Waals surface area contributed by atoms with E-state index in [1.54, 1.807) is 24.4 Å². The van der Waals surface area contributed by atoms with Crippen molar-refractivity contribution >= 4 is 52.4 Å². The van der Waals surface area contributed by atoms with Gasteiger partial charge in [-0.3, -0.25) is 29.4 Å². The van der Waals surface area contributed by atoms with Gasteiger partial charge in [-0.15, -0.1) is 0 Å². The van der Waals surface area contributed by atoms with Crippen molar-refractivity contribution < 1.29 is 38.1 Å². The number of piperidine rings is 1. The van der Waals surface area contributed by atoms with Gasteiger partial charge < -0.3 is 34.9 Å². The number of nitrogens with one attached hydrogen (secondary N) is 4. The molecule has 4 heterocycles. The van der Waals surface area contributed by atoms with Crippen LogP contribution in [0.2, 0.25) is 5.02 Å². The van der Waals surface area contributed by atoms with Crippen LogP contribution in [-0.2, 0) is 28.5 Å². The number of hydrogen-bond donors (Lipinski definition) is 4. The van der Waals surface area contributed by atoms with E-state index in [2.05, 4.69) is 46.3 Å². The number of aromatic nitrogens is 3. The van der Waals surface area contributed by atoms with Gasteiger partial charge in [0.15, 0.2) is 5.65 Å². The lowest BCUT2D eigenvalue weighted by molar-refractivity contribution is -0.136. The molecular weight excluding hydrogens is 744 g/mol. The first-order valence-electron chi connectivity index (χ1n) is 19.7. The van der Waals surface area contributed by atoms with Gasteiger partial charge in [0.25, 0.3) is 11.8 Å². The number of hydrogen-bond acceptors (Lipinski definition) is 13. The van der Waals surface area contributed by atoms with Crippen LogP contribution in [-0.4, -0.2) is 127 Å². The topological polar surface area (TPSA) is 187 Å². The fourth-order valence-corrected chi connectivity index (χ4v) is 7.66. The van der Waals surface area contributed by atoms with E-state index in [-0.39, 0.29) is 24.0 Å². The molecule has 0 radical (unpaired) electrons. The fraction of sp³-hybridized carbons (Fsp3) is 0.590. The lowest BCUT2D eigenvalue weighted by Crippen LogP contribution is -2.54. The minimum atomic E-state index is -1.01. The Morgan fingerprint density at radius 2 is 1.55 bits per heavy atom. The van der Waals surface area contributed by atoms with Crippen LogP contribution in [0.15, 0.2) is 30.5 Å². The Kier molecular flexibility index (Phi) is 15.0. The second kappa shape index (κ2) is 20.3. The monoisotopic (exact) mass is 796 g/mol. The van der Waals surface area contributed by atoms with E-state index in [4.69, 9.17) is 35.5 Å². The van der Waals surface area contributed by atoms with Gasteiger partial charge in [-0.2, -0.15) is 9.61 Å². The molecule has 2 aliphatic heterocycles. The Morgan fingerprint density at radius 3 is 2.25 bits per heavy atom. The molecule has 2 aromatic heterocycles. The number of halogens is 1. The Bertz CT molecular complexity index is 1840. The second-order valence-corrected chi connectivity index (χ2v) is 14.6. The number of nitrogens with zero attached hydrogens (tertiary/aromatic N) is 4. The van der Waals surface area contributed by atoms with Gasteiger partial charge in [0.1, 0.15) is 16.9 Å². The maximum absolute atomic E-state index is 13.2. The standard InChI is InChI=1S/C39H53ClN8O8/c1-3-25(4-2)31-23-33(48-36(45-31)29(40)24-43-48)44-27-9-8-26(22-27)41-12-14-53-16-18-55-20-21-56-19-17-54-15-13-42-30-7-5-6-28-35(30)39(52)47(38(28)51)32-10-11-34(49)46-37(32)50/h5-7,23-27,32,41-42,44H,3-4,8-22H2,1-2H3,(H,46,49,50)/t26-,27-,32?/m0/s1. The lowest BCUT2D eigenvalue weighted by atomic mass is 9.99. The highest BCUT2D eigenvalue weighted by Gasteiger charge is 2.45. The third-order valence-corrected chi connectivity index (χ3v) is 10.7. The summed E-state index contributed by atoms with van der Waals surface area (Å²) in [5.74, 6) is -0.817. The van der Waals surface area contributed by atoms with E-state index in [1.165, 1.54) is 0 Å². The van der Waals surface area contributed by atoms with Gasteiger partial charge in [-0.05, 0) is 50.7 Å². The van der Waals surface area contributed by atoms with Crippen molar-refractivity contribution in [2.24, 2.45) is 0 Å². The molecule has 16 nitrogen and oxygen atoms in total. The summed E-state index contributed by atoms with van der Waals surface area (Å²) >= 11 is 6.41. The summed E-state index contributed by atoms with van der Waals surface area (Å²) in [5.41, 5.74) is 2.69. The Balaban J connectivity index is 0.763. The summed E-state index contributed by atoms with van der Waals surface area (Å²) in [7, 11) is 0. The zero-order valence-corrected chi connectivity index (χ0v) is 32.9. The largest absolute Gasteiger partial charge is 0.382 e. The number of ether oxygens (including phenoxy) is 4. The number of imide groups is 2. The molecule has 2 fully saturated rings. The van der Waals surface area contributed by atoms with E-state index in [0.717, 1.165) is 55.1 Å². The number of amides is 4. The van der Waals surface area contributed by atoms with Crippen LogP contribution in [0, 0.1) is 0 Å². The third kappa shape index (κ3) is 10.2. The smallest absolute Gasteiger partial charge is 0.264 e. The molecule has 0 spiro atoms.